The second-order valence-corrected chi connectivity index (χ2v) is 37.2. The molecule has 16 aromatic rings. The van der Waals surface area contributed by atoms with Crippen molar-refractivity contribution in [1.29, 1.82) is 0 Å². The summed E-state index contributed by atoms with van der Waals surface area (Å²) in [6.07, 6.45) is -3.05. The van der Waals surface area contributed by atoms with Crippen LogP contribution in [-0.4, -0.2) is 122 Å². The number of nitrogens with zero attached hydrogens (tertiary/aromatic N) is 9. The van der Waals surface area contributed by atoms with Crippen molar-refractivity contribution in [3.05, 3.63) is 322 Å². The number of aryl methyl sites for hydroxylation is 2. The third-order valence-corrected chi connectivity index (χ3v) is 26.0. The molecular weight excluding hydrogens is 2010 g/mol. The quantitative estimate of drug-likeness (QED) is 0.0259. The van der Waals surface area contributed by atoms with E-state index in [0.717, 1.165) is 79.4 Å². The molecule has 8 N–H and O–H groups in total. The van der Waals surface area contributed by atoms with Crippen molar-refractivity contribution in [2.75, 3.05) is 18.9 Å². The van der Waals surface area contributed by atoms with Crippen LogP contribution in [0.1, 0.15) is 97.8 Å². The molecule has 0 aliphatic heterocycles. The molecule has 133 heavy (non-hydrogen) atoms. The first-order valence-electron chi connectivity index (χ1n) is 36.6. The Balaban J connectivity index is 0.000000151. The lowest BCUT2D eigenvalue weighted by Gasteiger charge is -2.14. The van der Waals surface area contributed by atoms with Crippen molar-refractivity contribution in [2.45, 2.75) is 58.1 Å². The number of sulfonamides is 4. The zero-order valence-corrected chi connectivity index (χ0v) is 74.4. The maximum Gasteiger partial charge on any atom is 0.417 e. The van der Waals surface area contributed by atoms with Gasteiger partial charge < -0.3 is 19.9 Å². The molecule has 12 aromatic heterocycles. The van der Waals surface area contributed by atoms with Gasteiger partial charge in [-0.1, -0.05) is 81.2 Å². The van der Waals surface area contributed by atoms with Gasteiger partial charge >= 0.3 is 24.7 Å². The van der Waals surface area contributed by atoms with E-state index in [1.54, 1.807) is 62.9 Å². The van der Waals surface area contributed by atoms with Crippen LogP contribution in [0.15, 0.2) is 228 Å². The molecule has 4 aromatic carbocycles. The summed E-state index contributed by atoms with van der Waals surface area (Å²) in [6, 6.07) is 22.7. The lowest BCUT2D eigenvalue weighted by atomic mass is 10.0. The number of fused-ring (bicyclic) bond motifs is 4. The standard InChI is InChI=1S/C21H13Cl2F3N4O3S.2C20H11Cl2F3N4O3S.C20H13ClF3N5O3S/c1-10-6-14(13-4-5-27-20(13)29-10)19(31)18-17(7-11(22)9-28-18)30-34(32,33)12-2-3-16(23)15(8-12)21(24,25)26;21-10-5-16(29-33(31,32)11-1-2-15(22)14(6-11)20(23,24)25)18(28-7-10)19(30)13-8-26-9-17-12(13)3-4-27-17;21-13-4-3-10(8-12(13)20(23,24)25)33(31,32)29-15-2-1-6-26-17(15)18(30)16-11-5-7-27-19(11)28-9-14(16)22;1-10-6-15(29-33(31,32)11-2-3-14(21)13(7-11)20(22,23)24)17(26-8-10)18(30)16-12-4-5-25-19(12)28-9-27-16/h2-9,30H,1H3,(H,27,29);1-9,27,29H;1-9,29H,(H,27,28);2-9,29H,1H3,(H,25,27,28). The number of aromatic amines is 4. The minimum Gasteiger partial charge on any atom is -0.360 e. The number of H-pyrrole nitrogens is 4. The van der Waals surface area contributed by atoms with E-state index in [-0.39, 0.29) is 83.0 Å². The van der Waals surface area contributed by atoms with Crippen LogP contribution in [0.25, 0.3) is 44.0 Å². The second-order valence-electron chi connectivity index (χ2n) is 27.6. The molecule has 16 rings (SSSR count). The number of benzene rings is 4. The first-order valence-corrected chi connectivity index (χ1v) is 45.1. The number of pyridine rings is 7. The van der Waals surface area contributed by atoms with Crippen LogP contribution in [0, 0.1) is 13.8 Å². The van der Waals surface area contributed by atoms with E-state index in [9.17, 15) is 106 Å². The first kappa shape index (κ1) is 97.6. The molecule has 0 bridgehead atoms. The van der Waals surface area contributed by atoms with E-state index in [1.807, 2.05) is 0 Å². The fourth-order valence-electron chi connectivity index (χ4n) is 12.5. The van der Waals surface area contributed by atoms with E-state index < -0.39 is 150 Å². The number of hydrogen-bond acceptors (Lipinski definition) is 21. The normalized spacial score (nSPS) is 12.2. The predicted octanol–water partition coefficient (Wildman–Crippen LogP) is 20.6. The number of carbonyl (C=O) groups excluding carboxylic acids is 4. The maximum atomic E-state index is 13.3. The average Bonchev–Trinajstić information content (AvgIpc) is 1.62. The Morgan fingerprint density at radius 1 is 0.338 bits per heavy atom. The maximum absolute atomic E-state index is 13.3. The molecule has 0 radical (unpaired) electrons. The molecular formula is C81H48Cl7F12N17O12S4. The van der Waals surface area contributed by atoms with Crippen molar-refractivity contribution in [3.63, 3.8) is 0 Å². The largest absolute Gasteiger partial charge is 0.417 e. The number of anilines is 4. The summed E-state index contributed by atoms with van der Waals surface area (Å²) in [4.78, 5) is 97.9. The Morgan fingerprint density at radius 3 is 1.22 bits per heavy atom. The summed E-state index contributed by atoms with van der Waals surface area (Å²) in [5.74, 6) is -2.73. The number of halogens is 19. The molecule has 12 heterocycles. The van der Waals surface area contributed by atoms with Crippen LogP contribution < -0.4 is 18.9 Å². The van der Waals surface area contributed by atoms with Crippen LogP contribution in [-0.2, 0) is 64.8 Å². The highest BCUT2D eigenvalue weighted by Gasteiger charge is 2.40. The molecule has 0 aliphatic rings. The van der Waals surface area contributed by atoms with Crippen LogP contribution in [0.5, 0.6) is 0 Å². The van der Waals surface area contributed by atoms with Gasteiger partial charge in [-0.25, -0.2) is 63.6 Å². The molecule has 0 spiro atoms. The lowest BCUT2D eigenvalue weighted by Crippen LogP contribution is -2.18. The highest BCUT2D eigenvalue weighted by Crippen LogP contribution is 2.43. The van der Waals surface area contributed by atoms with E-state index in [4.69, 9.17) is 81.2 Å². The third kappa shape index (κ3) is 21.7. The van der Waals surface area contributed by atoms with Crippen molar-refractivity contribution < 1.29 is 106 Å². The van der Waals surface area contributed by atoms with Gasteiger partial charge in [0, 0.05) is 94.8 Å². The zero-order chi connectivity index (χ0) is 96.7. The number of alkyl halides is 12. The van der Waals surface area contributed by atoms with Gasteiger partial charge in [0.05, 0.1) is 123 Å². The second kappa shape index (κ2) is 38.0. The number of ketones is 4. The average molecular weight is 2060 g/mol. The molecule has 0 aliphatic carbocycles. The van der Waals surface area contributed by atoms with Gasteiger partial charge in [0.2, 0.25) is 23.1 Å². The Bertz CT molecular complexity index is 7670. The zero-order valence-electron chi connectivity index (χ0n) is 65.9. The summed E-state index contributed by atoms with van der Waals surface area (Å²) in [5.41, 5.74) is -4.39. The first-order chi connectivity index (χ1) is 62.3. The van der Waals surface area contributed by atoms with Gasteiger partial charge in [0.15, 0.2) is 0 Å². The van der Waals surface area contributed by atoms with Gasteiger partial charge in [-0.2, -0.15) is 52.7 Å². The Labute approximate surface area is 774 Å². The van der Waals surface area contributed by atoms with Crippen molar-refractivity contribution >= 4 is 211 Å². The molecule has 0 fully saturated rings. The van der Waals surface area contributed by atoms with Crippen molar-refractivity contribution in [1.82, 2.24) is 64.8 Å². The fourth-order valence-corrected chi connectivity index (χ4v) is 18.3. The van der Waals surface area contributed by atoms with Crippen LogP contribution >= 0.6 is 81.2 Å². The number of nitrogens with one attached hydrogen (secondary N) is 8. The summed E-state index contributed by atoms with van der Waals surface area (Å²) in [6.45, 7) is 3.28. The predicted molar refractivity (Wildman–Crippen MR) is 466 cm³/mol. The smallest absolute Gasteiger partial charge is 0.360 e. The molecule has 52 heteroatoms. The van der Waals surface area contributed by atoms with E-state index in [0.29, 0.717) is 79.5 Å². The SMILES string of the molecule is Cc1cc(C(=O)c2ncc(Cl)cc2NS(=O)(=O)c2ccc(Cl)c(C(F)(F)F)c2)c2cc[nH]c2n1.Cc1cnc(C(=O)c2ncnc3[nH]ccc23)c(NS(=O)(=O)c2ccc(Cl)c(C(F)(F)F)c2)c1.O=C(c1ncc(Cl)cc1NS(=O)(=O)c1ccc(Cl)c(C(F)(F)F)c1)c1cncc2[nH]ccc12.O=C(c1ncccc1NS(=O)(=O)c1ccc(Cl)c(C(F)(F)F)c1)c1c(Cl)cnc2[nH]ccc12. The summed E-state index contributed by atoms with van der Waals surface area (Å²) in [5, 5.41) is -0.820. The Morgan fingerprint density at radius 2 is 0.737 bits per heavy atom. The monoisotopic (exact) mass is 2050 g/mol. The molecule has 0 saturated carbocycles. The van der Waals surface area contributed by atoms with E-state index >= 15 is 0 Å². The lowest BCUT2D eigenvalue weighted by molar-refractivity contribution is -0.138. The van der Waals surface area contributed by atoms with Crippen molar-refractivity contribution in [3.8, 4) is 0 Å². The van der Waals surface area contributed by atoms with Gasteiger partial charge in [-0.3, -0.25) is 53.0 Å². The highest BCUT2D eigenvalue weighted by molar-refractivity contribution is 7.93. The number of aromatic nitrogens is 13. The molecule has 0 saturated heterocycles. The molecule has 0 atom stereocenters. The van der Waals surface area contributed by atoms with Gasteiger partial charge in [-0.15, -0.1) is 0 Å². The van der Waals surface area contributed by atoms with Crippen molar-refractivity contribution in [2.24, 2.45) is 0 Å². The number of rotatable bonds is 20. The van der Waals surface area contributed by atoms with Gasteiger partial charge in [0.1, 0.15) is 51.7 Å². The Hall–Kier alpha value is -13.0. The topological polar surface area (TPSA) is 432 Å². The van der Waals surface area contributed by atoms with Crippen LogP contribution in [0.4, 0.5) is 75.4 Å². The number of hydrogen-bond donors (Lipinski definition) is 8. The van der Waals surface area contributed by atoms with Crippen LogP contribution in [0.2, 0.25) is 35.2 Å². The van der Waals surface area contributed by atoms with E-state index in [2.05, 4.69) is 83.7 Å². The molecule has 0 unspecified atom stereocenters. The number of carbonyl (C=O) groups is 4. The molecule has 0 amide bonds. The van der Waals surface area contributed by atoms with E-state index in [1.165, 1.54) is 55.2 Å². The summed E-state index contributed by atoms with van der Waals surface area (Å²) in [7, 11) is -18.3. The minimum atomic E-state index is -4.87. The molecule has 686 valence electrons. The third-order valence-electron chi connectivity index (χ3n) is 18.6. The summed E-state index contributed by atoms with van der Waals surface area (Å²) < 4.78 is 270. The van der Waals surface area contributed by atoms with Gasteiger partial charge in [0.25, 0.3) is 40.1 Å². The highest BCUT2D eigenvalue weighted by atomic mass is 35.5. The fraction of sp³-hybridized carbons (Fsp3) is 0.0741. The summed E-state index contributed by atoms with van der Waals surface area (Å²) >= 11 is 40.4. The molecule has 29 nitrogen and oxygen atoms in total. The Kier molecular flexibility index (Phi) is 27.8. The van der Waals surface area contributed by atoms with Gasteiger partial charge in [-0.05, 0) is 153 Å². The van der Waals surface area contributed by atoms with Crippen LogP contribution in [0.3, 0.4) is 0 Å². The minimum absolute atomic E-state index is 0.000892.